The van der Waals surface area contributed by atoms with Crippen molar-refractivity contribution in [3.05, 3.63) is 89.1 Å². The minimum Gasteiger partial charge on any atom is -0.497 e. The van der Waals surface area contributed by atoms with Gasteiger partial charge in [0.15, 0.2) is 0 Å². The summed E-state index contributed by atoms with van der Waals surface area (Å²) in [7, 11) is 1.60. The average molecular weight is 468 g/mol. The number of hydrogen-bond donors (Lipinski definition) is 1. The van der Waals surface area contributed by atoms with Crippen LogP contribution in [0.3, 0.4) is 0 Å². The number of ether oxygens (including phenoxy) is 1. The minimum absolute atomic E-state index is 0.272. The van der Waals surface area contributed by atoms with Gasteiger partial charge in [-0.3, -0.25) is 9.59 Å². The summed E-state index contributed by atoms with van der Waals surface area (Å²) >= 11 is 0. The highest BCUT2D eigenvalue weighted by Gasteiger charge is 2.40. The molecule has 0 radical (unpaired) electrons. The van der Waals surface area contributed by atoms with Crippen molar-refractivity contribution in [3.8, 4) is 5.75 Å². The first-order valence-electron chi connectivity index (χ1n) is 11.9. The van der Waals surface area contributed by atoms with Crippen LogP contribution in [-0.2, 0) is 9.59 Å². The van der Waals surface area contributed by atoms with Gasteiger partial charge in [0.2, 0.25) is 0 Å². The topological polar surface area (TPSA) is 61.9 Å². The lowest BCUT2D eigenvalue weighted by atomic mass is 10.0. The summed E-state index contributed by atoms with van der Waals surface area (Å²) in [5, 5.41) is 3.26. The van der Waals surface area contributed by atoms with Crippen molar-refractivity contribution >= 4 is 34.4 Å². The fraction of sp³-hybridized carbons (Fsp3) is 0.241. The van der Waals surface area contributed by atoms with Crippen molar-refractivity contribution in [3.63, 3.8) is 0 Å². The number of nitrogens with zero attached hydrogens (tertiary/aromatic N) is 2. The standard InChI is InChI=1S/C29H29N3O3/c1-19-6-15-25(20(2)18-19)32-28(33)26(21-7-13-24(35-3)14-8-21)27(29(32)34)30-22-9-11-23(12-10-22)31-16-4-5-17-31/h6-15,18,30H,4-5,16-17H2,1-3H3. The quantitative estimate of drug-likeness (QED) is 0.498. The van der Waals surface area contributed by atoms with E-state index in [1.54, 1.807) is 19.2 Å². The number of carbonyl (C=O) groups is 2. The Morgan fingerprint density at radius 3 is 2.14 bits per heavy atom. The molecule has 1 saturated heterocycles. The Bertz CT molecular complexity index is 1300. The number of anilines is 3. The maximum absolute atomic E-state index is 13.7. The summed E-state index contributed by atoms with van der Waals surface area (Å²) in [6, 6.07) is 21.0. The molecule has 5 rings (SSSR count). The van der Waals surface area contributed by atoms with Crippen LogP contribution in [0.4, 0.5) is 17.1 Å². The Morgan fingerprint density at radius 2 is 1.51 bits per heavy atom. The van der Waals surface area contributed by atoms with E-state index in [1.807, 2.05) is 56.3 Å². The summed E-state index contributed by atoms with van der Waals surface area (Å²) in [5.74, 6) is -0.0240. The number of carbonyl (C=O) groups excluding carboxylic acids is 2. The first-order valence-corrected chi connectivity index (χ1v) is 11.9. The lowest BCUT2D eigenvalue weighted by molar-refractivity contribution is -0.120. The zero-order valence-electron chi connectivity index (χ0n) is 20.3. The highest BCUT2D eigenvalue weighted by Crippen LogP contribution is 2.36. The zero-order valence-corrected chi connectivity index (χ0v) is 20.3. The molecular formula is C29H29N3O3. The van der Waals surface area contributed by atoms with Gasteiger partial charge in [-0.05, 0) is 80.3 Å². The van der Waals surface area contributed by atoms with Crippen LogP contribution in [0.5, 0.6) is 5.75 Å². The number of rotatable bonds is 6. The predicted octanol–water partition coefficient (Wildman–Crippen LogP) is 5.31. The molecule has 0 spiro atoms. The Labute approximate surface area is 205 Å². The highest BCUT2D eigenvalue weighted by atomic mass is 16.5. The molecule has 0 atom stereocenters. The average Bonchev–Trinajstić information content (AvgIpc) is 3.48. The van der Waals surface area contributed by atoms with Crippen molar-refractivity contribution in [1.82, 2.24) is 0 Å². The molecule has 1 N–H and O–H groups in total. The van der Waals surface area contributed by atoms with E-state index in [1.165, 1.54) is 23.4 Å². The lowest BCUT2D eigenvalue weighted by Crippen LogP contribution is -2.33. The number of imide groups is 1. The molecule has 6 heteroatoms. The van der Waals surface area contributed by atoms with Crippen LogP contribution in [0.1, 0.15) is 29.5 Å². The fourth-order valence-corrected chi connectivity index (χ4v) is 4.82. The van der Waals surface area contributed by atoms with E-state index in [2.05, 4.69) is 22.3 Å². The molecule has 1 fully saturated rings. The molecule has 0 aliphatic carbocycles. The second kappa shape index (κ2) is 9.29. The predicted molar refractivity (Wildman–Crippen MR) is 140 cm³/mol. The van der Waals surface area contributed by atoms with Gasteiger partial charge >= 0.3 is 0 Å². The Balaban J connectivity index is 1.53. The molecular weight excluding hydrogens is 438 g/mol. The third-order valence-electron chi connectivity index (χ3n) is 6.66. The Morgan fingerprint density at radius 1 is 0.829 bits per heavy atom. The number of nitrogens with one attached hydrogen (secondary N) is 1. The van der Waals surface area contributed by atoms with E-state index in [0.717, 1.165) is 29.9 Å². The largest absolute Gasteiger partial charge is 0.497 e. The third-order valence-corrected chi connectivity index (χ3v) is 6.66. The maximum Gasteiger partial charge on any atom is 0.282 e. The first kappa shape index (κ1) is 22.7. The number of amides is 2. The molecule has 0 bridgehead atoms. The molecule has 2 heterocycles. The van der Waals surface area contributed by atoms with Crippen molar-refractivity contribution in [2.24, 2.45) is 0 Å². The van der Waals surface area contributed by atoms with Gasteiger partial charge in [-0.25, -0.2) is 4.90 Å². The van der Waals surface area contributed by atoms with Crippen LogP contribution in [0.25, 0.3) is 5.57 Å². The van der Waals surface area contributed by atoms with Gasteiger partial charge in [0.05, 0.1) is 18.4 Å². The third kappa shape index (κ3) is 4.28. The monoisotopic (exact) mass is 467 g/mol. The first-order chi connectivity index (χ1) is 17.0. The summed E-state index contributed by atoms with van der Waals surface area (Å²) in [6.45, 7) is 6.04. The van der Waals surface area contributed by atoms with Crippen molar-refractivity contribution in [2.75, 3.05) is 35.3 Å². The van der Waals surface area contributed by atoms with Gasteiger partial charge in [0.25, 0.3) is 11.8 Å². The van der Waals surface area contributed by atoms with E-state index in [-0.39, 0.29) is 17.5 Å². The number of benzene rings is 3. The summed E-state index contributed by atoms with van der Waals surface area (Å²) in [4.78, 5) is 31.0. The second-order valence-corrected chi connectivity index (χ2v) is 9.08. The zero-order chi connectivity index (χ0) is 24.5. The van der Waals surface area contributed by atoms with Gasteiger partial charge in [0, 0.05) is 24.5 Å². The highest BCUT2D eigenvalue weighted by molar-refractivity contribution is 6.46. The van der Waals surface area contributed by atoms with E-state index >= 15 is 0 Å². The smallest absolute Gasteiger partial charge is 0.282 e. The summed E-state index contributed by atoms with van der Waals surface area (Å²) in [6.07, 6.45) is 2.42. The Kier molecular flexibility index (Phi) is 6.03. The van der Waals surface area contributed by atoms with Crippen molar-refractivity contribution < 1.29 is 14.3 Å². The maximum atomic E-state index is 13.7. The minimum atomic E-state index is -0.364. The number of hydrogen-bond acceptors (Lipinski definition) is 5. The molecule has 3 aromatic rings. The number of aryl methyl sites for hydroxylation is 2. The molecule has 3 aromatic carbocycles. The van der Waals surface area contributed by atoms with Crippen LogP contribution < -0.4 is 19.9 Å². The lowest BCUT2D eigenvalue weighted by Gasteiger charge is -2.19. The van der Waals surface area contributed by atoms with Gasteiger partial charge in [-0.1, -0.05) is 29.8 Å². The summed E-state index contributed by atoms with van der Waals surface area (Å²) in [5.41, 5.74) is 5.75. The van der Waals surface area contributed by atoms with Crippen LogP contribution in [0.2, 0.25) is 0 Å². The second-order valence-electron chi connectivity index (χ2n) is 9.08. The molecule has 178 valence electrons. The van der Waals surface area contributed by atoms with Crippen molar-refractivity contribution in [2.45, 2.75) is 26.7 Å². The molecule has 6 nitrogen and oxygen atoms in total. The van der Waals surface area contributed by atoms with Gasteiger partial charge < -0.3 is 15.0 Å². The number of methoxy groups -OCH3 is 1. The van der Waals surface area contributed by atoms with Gasteiger partial charge in [-0.15, -0.1) is 0 Å². The van der Waals surface area contributed by atoms with E-state index in [9.17, 15) is 9.59 Å². The van der Waals surface area contributed by atoms with Crippen LogP contribution >= 0.6 is 0 Å². The van der Waals surface area contributed by atoms with E-state index < -0.39 is 0 Å². The normalized spacial score (nSPS) is 15.9. The molecule has 2 amide bonds. The summed E-state index contributed by atoms with van der Waals surface area (Å²) < 4.78 is 5.28. The SMILES string of the molecule is COc1ccc(C2=C(Nc3ccc(N4CCCC4)cc3)C(=O)N(c3ccc(C)cc3C)C2=O)cc1. The molecule has 0 unspecified atom stereocenters. The molecule has 0 aromatic heterocycles. The van der Waals surface area contributed by atoms with Gasteiger partial charge in [0.1, 0.15) is 11.4 Å². The molecule has 2 aliphatic heterocycles. The van der Waals surface area contributed by atoms with Crippen LogP contribution in [0, 0.1) is 13.8 Å². The Hall–Kier alpha value is -4.06. The van der Waals surface area contributed by atoms with E-state index in [0.29, 0.717) is 22.6 Å². The van der Waals surface area contributed by atoms with Crippen LogP contribution in [0.15, 0.2) is 72.4 Å². The van der Waals surface area contributed by atoms with Crippen LogP contribution in [-0.4, -0.2) is 32.0 Å². The molecule has 35 heavy (non-hydrogen) atoms. The van der Waals surface area contributed by atoms with Crippen molar-refractivity contribution in [1.29, 1.82) is 0 Å². The fourth-order valence-electron chi connectivity index (χ4n) is 4.82. The molecule has 0 saturated carbocycles. The molecule has 2 aliphatic rings. The van der Waals surface area contributed by atoms with Gasteiger partial charge in [-0.2, -0.15) is 0 Å². The van der Waals surface area contributed by atoms with E-state index in [4.69, 9.17) is 4.74 Å².